The van der Waals surface area contributed by atoms with E-state index in [9.17, 15) is 13.2 Å². The van der Waals surface area contributed by atoms with Gasteiger partial charge in [0.25, 0.3) is 5.91 Å². The molecule has 1 amide bonds. The van der Waals surface area contributed by atoms with Crippen LogP contribution in [0.15, 0.2) is 40.6 Å². The van der Waals surface area contributed by atoms with Crippen LogP contribution in [0, 0.1) is 0 Å². The largest absolute Gasteiger partial charge is 0.321 e. The molecule has 128 valence electrons. The van der Waals surface area contributed by atoms with Crippen LogP contribution in [0.3, 0.4) is 0 Å². The molecular formula is C17H21N2O3S2+. The van der Waals surface area contributed by atoms with Crippen LogP contribution in [0.4, 0.5) is 5.69 Å². The number of thiophene rings is 1. The maximum Gasteiger partial charge on any atom is 0.279 e. The van der Waals surface area contributed by atoms with Crippen LogP contribution in [0.1, 0.15) is 23.4 Å². The van der Waals surface area contributed by atoms with Gasteiger partial charge in [0.2, 0.25) is 0 Å². The van der Waals surface area contributed by atoms with Gasteiger partial charge in [-0.2, -0.15) is 0 Å². The van der Waals surface area contributed by atoms with Crippen LogP contribution in [0.5, 0.6) is 0 Å². The lowest BCUT2D eigenvalue weighted by Gasteiger charge is -2.29. The summed E-state index contributed by atoms with van der Waals surface area (Å²) in [5.41, 5.74) is 1.86. The van der Waals surface area contributed by atoms with Gasteiger partial charge in [-0.25, -0.2) is 8.42 Å². The van der Waals surface area contributed by atoms with E-state index < -0.39 is 9.84 Å². The Morgan fingerprint density at radius 3 is 2.92 bits per heavy atom. The molecule has 1 aromatic carbocycles. The molecular weight excluding hydrogens is 344 g/mol. The number of rotatable bonds is 4. The van der Waals surface area contributed by atoms with Crippen LogP contribution in [0.25, 0.3) is 0 Å². The Balaban J connectivity index is 1.67. The molecule has 2 atom stereocenters. The first kappa shape index (κ1) is 17.1. The highest BCUT2D eigenvalue weighted by molar-refractivity contribution is 7.90. The minimum Gasteiger partial charge on any atom is -0.321 e. The predicted octanol–water partition coefficient (Wildman–Crippen LogP) is 1.29. The number of carbonyl (C=O) groups is 1. The van der Waals surface area contributed by atoms with Crippen molar-refractivity contribution in [2.75, 3.05) is 24.7 Å². The third-order valence-corrected chi connectivity index (χ3v) is 6.57. The van der Waals surface area contributed by atoms with Crippen molar-refractivity contribution in [2.45, 2.75) is 24.3 Å². The number of fused-ring (bicyclic) bond motifs is 1. The molecule has 0 aliphatic carbocycles. The maximum absolute atomic E-state index is 12.4. The predicted molar refractivity (Wildman–Crippen MR) is 95.3 cm³/mol. The first-order valence-corrected chi connectivity index (χ1v) is 10.6. The quantitative estimate of drug-likeness (QED) is 0.858. The Kier molecular flexibility index (Phi) is 4.76. The molecule has 0 saturated heterocycles. The normalized spacial score (nSPS) is 20.4. The van der Waals surface area contributed by atoms with Crippen LogP contribution < -0.4 is 10.2 Å². The molecule has 1 unspecified atom stereocenters. The molecule has 5 nitrogen and oxygen atoms in total. The zero-order chi connectivity index (χ0) is 17.3. The van der Waals surface area contributed by atoms with E-state index in [4.69, 9.17) is 0 Å². The fourth-order valence-electron chi connectivity index (χ4n) is 3.11. The third kappa shape index (κ3) is 3.68. The van der Waals surface area contributed by atoms with Crippen LogP contribution in [0.2, 0.25) is 0 Å². The fourth-order valence-corrected chi connectivity index (χ4v) is 4.75. The van der Waals surface area contributed by atoms with E-state index in [1.54, 1.807) is 23.5 Å². The molecule has 24 heavy (non-hydrogen) atoms. The summed E-state index contributed by atoms with van der Waals surface area (Å²) in [6.45, 7) is 3.46. The molecule has 0 spiro atoms. The van der Waals surface area contributed by atoms with Crippen LogP contribution in [-0.4, -0.2) is 33.7 Å². The molecule has 0 saturated carbocycles. The van der Waals surface area contributed by atoms with Gasteiger partial charge in [0.1, 0.15) is 6.04 Å². The van der Waals surface area contributed by atoms with Crippen molar-refractivity contribution in [3.05, 3.63) is 46.2 Å². The van der Waals surface area contributed by atoms with Gasteiger partial charge in [-0.05, 0) is 36.6 Å². The highest BCUT2D eigenvalue weighted by Gasteiger charge is 2.29. The average Bonchev–Trinajstić information content (AvgIpc) is 2.99. The lowest BCUT2D eigenvalue weighted by atomic mass is 10.0. The molecule has 7 heteroatoms. The Hall–Kier alpha value is -1.70. The van der Waals surface area contributed by atoms with Gasteiger partial charge in [0, 0.05) is 28.8 Å². The number of sulfone groups is 1. The third-order valence-electron chi connectivity index (χ3n) is 4.47. The van der Waals surface area contributed by atoms with Crippen molar-refractivity contribution in [3.8, 4) is 0 Å². The monoisotopic (exact) mass is 365 g/mol. The molecule has 2 heterocycles. The second-order valence-electron chi connectivity index (χ2n) is 6.20. The molecule has 2 N–H and O–H groups in total. The van der Waals surface area contributed by atoms with E-state index in [0.29, 0.717) is 18.3 Å². The minimum absolute atomic E-state index is 0.0961. The van der Waals surface area contributed by atoms with Crippen molar-refractivity contribution in [1.29, 1.82) is 0 Å². The molecule has 0 fully saturated rings. The Bertz CT molecular complexity index is 858. The summed E-state index contributed by atoms with van der Waals surface area (Å²) >= 11 is 1.79. The van der Waals surface area contributed by atoms with E-state index in [2.05, 4.69) is 23.7 Å². The van der Waals surface area contributed by atoms with Crippen molar-refractivity contribution < 1.29 is 18.1 Å². The summed E-state index contributed by atoms with van der Waals surface area (Å²) in [5.74, 6) is -0.0961. The van der Waals surface area contributed by atoms with E-state index >= 15 is 0 Å². The number of anilines is 1. The first-order valence-electron chi connectivity index (χ1n) is 7.85. The number of nitrogens with one attached hydrogen (secondary N) is 2. The first-order chi connectivity index (χ1) is 11.3. The summed E-state index contributed by atoms with van der Waals surface area (Å²) in [6, 6.07) is 8.82. The molecule has 0 bridgehead atoms. The summed E-state index contributed by atoms with van der Waals surface area (Å²) in [7, 11) is -3.28. The topological polar surface area (TPSA) is 67.7 Å². The zero-order valence-electron chi connectivity index (χ0n) is 13.7. The van der Waals surface area contributed by atoms with E-state index in [-0.39, 0.29) is 10.8 Å². The van der Waals surface area contributed by atoms with Crippen molar-refractivity contribution in [3.63, 3.8) is 0 Å². The van der Waals surface area contributed by atoms with Gasteiger partial charge in [0.15, 0.2) is 16.4 Å². The van der Waals surface area contributed by atoms with Gasteiger partial charge in [-0.3, -0.25) is 4.79 Å². The lowest BCUT2D eigenvalue weighted by Crippen LogP contribution is -3.14. The summed E-state index contributed by atoms with van der Waals surface area (Å²) in [6.07, 6.45) is 2.16. The van der Waals surface area contributed by atoms with Gasteiger partial charge >= 0.3 is 0 Å². The van der Waals surface area contributed by atoms with Crippen molar-refractivity contribution in [1.82, 2.24) is 0 Å². The van der Waals surface area contributed by atoms with E-state index in [1.165, 1.54) is 27.5 Å². The summed E-state index contributed by atoms with van der Waals surface area (Å²) < 4.78 is 23.2. The van der Waals surface area contributed by atoms with Crippen molar-refractivity contribution in [2.24, 2.45) is 0 Å². The summed E-state index contributed by atoms with van der Waals surface area (Å²) in [4.78, 5) is 15.2. The highest BCUT2D eigenvalue weighted by Crippen LogP contribution is 2.24. The fraction of sp³-hybridized carbons (Fsp3) is 0.353. The number of hydrogen-bond donors (Lipinski definition) is 2. The number of benzene rings is 1. The van der Waals surface area contributed by atoms with Crippen LogP contribution in [-0.2, 0) is 21.1 Å². The van der Waals surface area contributed by atoms with E-state index in [1.807, 2.05) is 0 Å². The molecule has 0 radical (unpaired) electrons. The minimum atomic E-state index is -3.28. The maximum atomic E-state index is 12.4. The average molecular weight is 366 g/mol. The summed E-state index contributed by atoms with van der Waals surface area (Å²) in [5, 5.41) is 4.93. The number of carbonyl (C=O) groups excluding carboxylic acids is 1. The number of hydrogen-bond acceptors (Lipinski definition) is 4. The van der Waals surface area contributed by atoms with E-state index in [0.717, 1.165) is 19.2 Å². The highest BCUT2D eigenvalue weighted by atomic mass is 32.2. The smallest absolute Gasteiger partial charge is 0.279 e. The second kappa shape index (κ2) is 6.66. The lowest BCUT2D eigenvalue weighted by molar-refractivity contribution is -0.923. The molecule has 1 aromatic heterocycles. The van der Waals surface area contributed by atoms with Gasteiger partial charge in [-0.1, -0.05) is 6.07 Å². The molecule has 3 rings (SSSR count). The van der Waals surface area contributed by atoms with Gasteiger partial charge in [0.05, 0.1) is 11.4 Å². The molecule has 1 aliphatic rings. The molecule has 2 aromatic rings. The van der Waals surface area contributed by atoms with Crippen LogP contribution >= 0.6 is 11.3 Å². The van der Waals surface area contributed by atoms with Gasteiger partial charge < -0.3 is 10.2 Å². The van der Waals surface area contributed by atoms with Crippen molar-refractivity contribution >= 4 is 32.8 Å². The number of amides is 1. The Labute approximate surface area is 146 Å². The number of quaternary nitrogens is 1. The second-order valence-corrected chi connectivity index (χ2v) is 9.22. The molecule has 1 aliphatic heterocycles. The zero-order valence-corrected chi connectivity index (χ0v) is 15.3. The Morgan fingerprint density at radius 1 is 1.38 bits per heavy atom. The Morgan fingerprint density at radius 2 is 2.17 bits per heavy atom. The standard InChI is InChI=1S/C17H20N2O3S2/c1-12-15-7-9-23-16(15)6-8-19(12)11-17(20)18-13-4-3-5-14(10-13)24(2,21)22/h3-5,7,9-10,12H,6,8,11H2,1-2H3,(H,18,20)/p+1/t12-/m0/s1. The van der Waals surface area contributed by atoms with Gasteiger partial charge in [-0.15, -0.1) is 11.3 Å². The SMILES string of the molecule is C[C@H]1c2ccsc2CC[NH+]1CC(=O)Nc1cccc(S(C)(=O)=O)c1.